The molecule has 2 fully saturated rings. The first kappa shape index (κ1) is 8.71. The number of Topliss-reactive ketones (excluding diaryl/α,β-unsaturated/α-hetero) is 1. The lowest BCUT2D eigenvalue weighted by Gasteiger charge is -2.10. The Labute approximate surface area is 77.4 Å². The van der Waals surface area contributed by atoms with E-state index in [4.69, 9.17) is 10.4 Å². The van der Waals surface area contributed by atoms with Gasteiger partial charge < -0.3 is 5.11 Å². The van der Waals surface area contributed by atoms with Crippen LogP contribution in [0.25, 0.3) is 0 Å². The van der Waals surface area contributed by atoms with Crippen LogP contribution in [-0.4, -0.2) is 17.0 Å². The second-order valence-electron chi connectivity index (χ2n) is 4.16. The van der Waals surface area contributed by atoms with E-state index >= 15 is 0 Å². The van der Waals surface area contributed by atoms with E-state index in [9.17, 15) is 4.79 Å². The zero-order chi connectivity index (χ0) is 9.42. The molecule has 0 spiro atoms. The van der Waals surface area contributed by atoms with Gasteiger partial charge in [0.25, 0.3) is 0 Å². The van der Waals surface area contributed by atoms with Crippen molar-refractivity contribution in [3.8, 4) is 6.07 Å². The molecule has 3 heteroatoms. The fraction of sp³-hybridized carbons (Fsp3) is 0.800. The number of aliphatic hydroxyl groups is 1. The Morgan fingerprint density at radius 2 is 2.46 bits per heavy atom. The first-order chi connectivity index (χ1) is 6.22. The average molecular weight is 179 g/mol. The van der Waals surface area contributed by atoms with Crippen molar-refractivity contribution < 1.29 is 9.90 Å². The molecule has 1 N–H and O–H groups in total. The quantitative estimate of drug-likeness (QED) is 0.654. The van der Waals surface area contributed by atoms with Crippen LogP contribution in [0.3, 0.4) is 0 Å². The summed E-state index contributed by atoms with van der Waals surface area (Å²) in [6.07, 6.45) is 2.22. The smallest absolute Gasteiger partial charge is 0.140 e. The minimum Gasteiger partial charge on any atom is -0.378 e. The van der Waals surface area contributed by atoms with Crippen LogP contribution in [0.2, 0.25) is 0 Å². The van der Waals surface area contributed by atoms with E-state index in [1.54, 1.807) is 6.07 Å². The molecule has 0 aromatic heterocycles. The van der Waals surface area contributed by atoms with Gasteiger partial charge in [-0.2, -0.15) is 5.26 Å². The molecule has 4 atom stereocenters. The van der Waals surface area contributed by atoms with Gasteiger partial charge in [0.15, 0.2) is 0 Å². The molecule has 0 heterocycles. The van der Waals surface area contributed by atoms with Crippen molar-refractivity contribution in [2.45, 2.75) is 31.8 Å². The normalized spacial score (nSPS) is 38.2. The van der Waals surface area contributed by atoms with Crippen LogP contribution in [0.1, 0.15) is 25.7 Å². The van der Waals surface area contributed by atoms with Crippen molar-refractivity contribution in [1.82, 2.24) is 0 Å². The summed E-state index contributed by atoms with van der Waals surface area (Å²) in [7, 11) is 0. The highest BCUT2D eigenvalue weighted by Gasteiger charge is 2.52. The van der Waals surface area contributed by atoms with Gasteiger partial charge in [-0.25, -0.2) is 0 Å². The number of hydrogen-bond donors (Lipinski definition) is 1. The highest BCUT2D eigenvalue weighted by Crippen LogP contribution is 2.54. The monoisotopic (exact) mass is 179 g/mol. The van der Waals surface area contributed by atoms with E-state index in [2.05, 4.69) is 0 Å². The summed E-state index contributed by atoms with van der Waals surface area (Å²) in [5.41, 5.74) is 0. The van der Waals surface area contributed by atoms with Crippen molar-refractivity contribution >= 4 is 5.78 Å². The third kappa shape index (κ3) is 1.59. The van der Waals surface area contributed by atoms with Gasteiger partial charge in [-0.15, -0.1) is 0 Å². The molecule has 0 saturated heterocycles. The number of rotatable bonds is 3. The van der Waals surface area contributed by atoms with Crippen molar-refractivity contribution in [1.29, 1.82) is 5.26 Å². The number of fused-ring (bicyclic) bond motifs is 1. The van der Waals surface area contributed by atoms with Crippen LogP contribution >= 0.6 is 0 Å². The second kappa shape index (κ2) is 3.12. The van der Waals surface area contributed by atoms with Crippen LogP contribution in [-0.2, 0) is 4.79 Å². The SMILES string of the molecule is N#CC(O)CCC1C(=O)CC2CC21. The fourth-order valence-electron chi connectivity index (χ4n) is 2.42. The van der Waals surface area contributed by atoms with Gasteiger partial charge in [-0.3, -0.25) is 4.79 Å². The maximum Gasteiger partial charge on any atom is 0.140 e. The molecule has 0 amide bonds. The molecule has 2 aliphatic carbocycles. The molecule has 0 bridgehead atoms. The number of nitriles is 1. The molecule has 4 unspecified atom stereocenters. The maximum atomic E-state index is 11.4. The van der Waals surface area contributed by atoms with Gasteiger partial charge >= 0.3 is 0 Å². The van der Waals surface area contributed by atoms with E-state index in [0.29, 0.717) is 30.5 Å². The number of carbonyl (C=O) groups is 1. The lowest BCUT2D eigenvalue weighted by atomic mass is 9.95. The molecule has 0 radical (unpaired) electrons. The molecule has 13 heavy (non-hydrogen) atoms. The number of hydrogen-bond acceptors (Lipinski definition) is 3. The first-order valence-corrected chi connectivity index (χ1v) is 4.82. The summed E-state index contributed by atoms with van der Waals surface area (Å²) in [6, 6.07) is 1.78. The van der Waals surface area contributed by atoms with E-state index in [1.165, 1.54) is 6.42 Å². The lowest BCUT2D eigenvalue weighted by molar-refractivity contribution is -0.122. The summed E-state index contributed by atoms with van der Waals surface area (Å²) >= 11 is 0. The zero-order valence-electron chi connectivity index (χ0n) is 7.44. The standard InChI is InChI=1S/C10H13NO2/c11-5-7(12)1-2-8-9-3-6(9)4-10(8)13/h6-9,12H,1-4H2. The molecular formula is C10H13NO2. The number of aliphatic hydroxyl groups excluding tert-OH is 1. The maximum absolute atomic E-state index is 11.4. The molecule has 0 aromatic carbocycles. The lowest BCUT2D eigenvalue weighted by Crippen LogP contribution is -2.14. The van der Waals surface area contributed by atoms with Gasteiger partial charge in [0.05, 0.1) is 6.07 Å². The third-order valence-electron chi connectivity index (χ3n) is 3.27. The zero-order valence-corrected chi connectivity index (χ0v) is 7.44. The largest absolute Gasteiger partial charge is 0.378 e. The number of ketones is 1. The predicted molar refractivity (Wildman–Crippen MR) is 45.6 cm³/mol. The third-order valence-corrected chi connectivity index (χ3v) is 3.27. The summed E-state index contributed by atoms with van der Waals surface area (Å²) in [5, 5.41) is 17.4. The van der Waals surface area contributed by atoms with E-state index in [0.717, 1.165) is 6.42 Å². The van der Waals surface area contributed by atoms with Gasteiger partial charge in [0.2, 0.25) is 0 Å². The molecule has 0 aromatic rings. The molecule has 2 aliphatic rings. The summed E-state index contributed by atoms with van der Waals surface area (Å²) in [5.74, 6) is 1.76. The van der Waals surface area contributed by atoms with Crippen molar-refractivity contribution in [3.05, 3.63) is 0 Å². The van der Waals surface area contributed by atoms with Gasteiger partial charge in [0, 0.05) is 12.3 Å². The van der Waals surface area contributed by atoms with E-state index < -0.39 is 6.10 Å². The van der Waals surface area contributed by atoms with Gasteiger partial charge in [-0.05, 0) is 31.1 Å². The predicted octanol–water partition coefficient (Wildman–Crippen LogP) is 0.876. The van der Waals surface area contributed by atoms with Crippen LogP contribution in [0.15, 0.2) is 0 Å². The van der Waals surface area contributed by atoms with Crippen LogP contribution in [0.4, 0.5) is 0 Å². The summed E-state index contributed by atoms with van der Waals surface area (Å²) in [6.45, 7) is 0. The van der Waals surface area contributed by atoms with Gasteiger partial charge in [0.1, 0.15) is 11.9 Å². The van der Waals surface area contributed by atoms with E-state index in [1.807, 2.05) is 0 Å². The van der Waals surface area contributed by atoms with Crippen molar-refractivity contribution in [3.63, 3.8) is 0 Å². The topological polar surface area (TPSA) is 61.1 Å². The molecule has 70 valence electrons. The molecule has 0 aliphatic heterocycles. The minimum absolute atomic E-state index is 0.160. The van der Waals surface area contributed by atoms with Gasteiger partial charge in [-0.1, -0.05) is 0 Å². The Morgan fingerprint density at radius 1 is 1.69 bits per heavy atom. The summed E-state index contributed by atoms with van der Waals surface area (Å²) in [4.78, 5) is 11.4. The Kier molecular flexibility index (Phi) is 2.09. The molecule has 2 saturated carbocycles. The fourth-order valence-corrected chi connectivity index (χ4v) is 2.42. The van der Waals surface area contributed by atoms with E-state index in [-0.39, 0.29) is 5.92 Å². The van der Waals surface area contributed by atoms with Crippen molar-refractivity contribution in [2.24, 2.45) is 17.8 Å². The number of nitrogens with zero attached hydrogens (tertiary/aromatic N) is 1. The summed E-state index contributed by atoms with van der Waals surface area (Å²) < 4.78 is 0. The second-order valence-corrected chi connectivity index (χ2v) is 4.16. The first-order valence-electron chi connectivity index (χ1n) is 4.82. The molecular weight excluding hydrogens is 166 g/mol. The Hall–Kier alpha value is -0.880. The Balaban J connectivity index is 1.82. The average Bonchev–Trinajstić information content (AvgIpc) is 2.78. The molecule has 3 nitrogen and oxygen atoms in total. The number of carbonyl (C=O) groups excluding carboxylic acids is 1. The Bertz CT molecular complexity index is 269. The van der Waals surface area contributed by atoms with Crippen LogP contribution < -0.4 is 0 Å². The highest BCUT2D eigenvalue weighted by molar-refractivity contribution is 5.85. The van der Waals surface area contributed by atoms with Crippen LogP contribution in [0.5, 0.6) is 0 Å². The van der Waals surface area contributed by atoms with Crippen molar-refractivity contribution in [2.75, 3.05) is 0 Å². The van der Waals surface area contributed by atoms with Crippen LogP contribution in [0, 0.1) is 29.1 Å². The minimum atomic E-state index is -0.884. The highest BCUT2D eigenvalue weighted by atomic mass is 16.3. The molecule has 2 rings (SSSR count). The Morgan fingerprint density at radius 3 is 3.00 bits per heavy atom.